The van der Waals surface area contributed by atoms with Gasteiger partial charge < -0.3 is 0 Å². The van der Waals surface area contributed by atoms with Crippen LogP contribution in [0.3, 0.4) is 0 Å². The monoisotopic (exact) mass is 816 g/mol. The van der Waals surface area contributed by atoms with Crippen LogP contribution in [-0.4, -0.2) is 9.97 Å². The van der Waals surface area contributed by atoms with Gasteiger partial charge in [0.1, 0.15) is 0 Å². The molecule has 0 saturated heterocycles. The molecule has 10 aromatic rings. The van der Waals surface area contributed by atoms with E-state index in [-0.39, 0.29) is 0 Å². The first kappa shape index (κ1) is 39.7. The fourth-order valence-corrected chi connectivity index (χ4v) is 8.73. The first-order valence-corrected chi connectivity index (χ1v) is 21.7. The van der Waals surface area contributed by atoms with Gasteiger partial charge in [-0.15, -0.1) is 0 Å². The summed E-state index contributed by atoms with van der Waals surface area (Å²) in [6.45, 7) is 0. The van der Waals surface area contributed by atoms with Gasteiger partial charge in [-0.3, -0.25) is 9.97 Å². The summed E-state index contributed by atoms with van der Waals surface area (Å²) in [5, 5.41) is 0. The molecule has 0 amide bonds. The predicted octanol–water partition coefficient (Wildman–Crippen LogP) is 15.5. The number of nitrogens with zero attached hydrogens (tertiary/aromatic N) is 2. The van der Waals surface area contributed by atoms with Gasteiger partial charge in [-0.1, -0.05) is 243 Å². The van der Waals surface area contributed by atoms with E-state index < -0.39 is 0 Å². The molecule has 0 saturated carbocycles. The Bertz CT molecular complexity index is 3080. The van der Waals surface area contributed by atoms with Crippen LogP contribution in [0.15, 0.2) is 267 Å². The van der Waals surface area contributed by atoms with Crippen molar-refractivity contribution in [3.05, 3.63) is 312 Å². The summed E-state index contributed by atoms with van der Waals surface area (Å²) in [5.41, 5.74) is 20.4. The maximum atomic E-state index is 4.59. The summed E-state index contributed by atoms with van der Waals surface area (Å²) >= 11 is 0. The zero-order chi connectivity index (χ0) is 42.9. The highest BCUT2D eigenvalue weighted by atomic mass is 14.8. The summed E-state index contributed by atoms with van der Waals surface area (Å²) in [6.07, 6.45) is 5.26. The van der Waals surface area contributed by atoms with Crippen LogP contribution >= 0.6 is 0 Å². The number of rotatable bonds is 11. The third-order valence-electron chi connectivity index (χ3n) is 11.7. The molecule has 2 heteroatoms. The molecule has 9 aromatic carbocycles. The van der Waals surface area contributed by atoms with Crippen molar-refractivity contribution in [2.45, 2.75) is 0 Å². The zero-order valence-corrected chi connectivity index (χ0v) is 35.3. The van der Waals surface area contributed by atoms with Crippen molar-refractivity contribution >= 4 is 22.3 Å². The van der Waals surface area contributed by atoms with Crippen LogP contribution in [0.1, 0.15) is 44.5 Å². The molecular formula is C62H44N2. The Morgan fingerprint density at radius 2 is 0.562 bits per heavy atom. The summed E-state index contributed by atoms with van der Waals surface area (Å²) in [5.74, 6) is 0. The molecule has 1 heterocycles. The van der Waals surface area contributed by atoms with Crippen molar-refractivity contribution in [3.8, 4) is 33.5 Å². The fourth-order valence-electron chi connectivity index (χ4n) is 8.73. The molecule has 10 rings (SSSR count). The minimum atomic E-state index is 0.843. The number of hydrogen-bond donors (Lipinski definition) is 0. The molecule has 0 aliphatic rings. The first-order valence-electron chi connectivity index (χ1n) is 21.7. The Hall–Kier alpha value is -8.46. The van der Waals surface area contributed by atoms with E-state index in [1.165, 1.54) is 39.0 Å². The normalized spacial score (nSPS) is 10.8. The lowest BCUT2D eigenvalue weighted by Crippen LogP contribution is -1.99. The lowest BCUT2D eigenvalue weighted by Gasteiger charge is -2.21. The lowest BCUT2D eigenvalue weighted by molar-refractivity contribution is 1.21. The van der Waals surface area contributed by atoms with Crippen LogP contribution in [0.5, 0.6) is 0 Å². The smallest absolute Gasteiger partial charge is 0.0885 e. The lowest BCUT2D eigenvalue weighted by atomic mass is 9.83. The second-order valence-electron chi connectivity index (χ2n) is 15.7. The van der Waals surface area contributed by atoms with E-state index in [2.05, 4.69) is 259 Å². The van der Waals surface area contributed by atoms with Gasteiger partial charge in [-0.2, -0.15) is 0 Å². The molecule has 0 atom stereocenters. The van der Waals surface area contributed by atoms with Gasteiger partial charge in [0.05, 0.1) is 11.9 Å². The minimum absolute atomic E-state index is 0.843. The molecule has 0 radical (unpaired) electrons. The molecule has 0 bridgehead atoms. The Labute approximate surface area is 375 Å². The quantitative estimate of drug-likeness (QED) is 0.122. The molecular weight excluding hydrogens is 773 g/mol. The summed E-state index contributed by atoms with van der Waals surface area (Å²) < 4.78 is 0. The van der Waals surface area contributed by atoms with Crippen molar-refractivity contribution in [3.63, 3.8) is 0 Å². The fraction of sp³-hybridized carbons (Fsp3) is 0. The van der Waals surface area contributed by atoms with Crippen molar-refractivity contribution < 1.29 is 0 Å². The van der Waals surface area contributed by atoms with Crippen LogP contribution in [0.4, 0.5) is 0 Å². The van der Waals surface area contributed by atoms with E-state index in [0.29, 0.717) is 0 Å². The number of hydrogen-bond acceptors (Lipinski definition) is 2. The van der Waals surface area contributed by atoms with Crippen molar-refractivity contribution in [2.75, 3.05) is 0 Å². The second kappa shape index (κ2) is 18.7. The van der Waals surface area contributed by atoms with E-state index in [4.69, 9.17) is 0 Å². The Morgan fingerprint density at radius 1 is 0.250 bits per heavy atom. The zero-order valence-electron chi connectivity index (χ0n) is 35.3. The third kappa shape index (κ3) is 8.41. The van der Waals surface area contributed by atoms with Crippen molar-refractivity contribution in [1.29, 1.82) is 0 Å². The Morgan fingerprint density at radius 3 is 0.938 bits per heavy atom. The molecule has 0 aliphatic carbocycles. The number of benzene rings is 9. The maximum Gasteiger partial charge on any atom is 0.0885 e. The SMILES string of the molecule is c1ccc(C(=C(c2ccccc2)c2ccc(-c3ccc(C(=C(c4ccccc4)c4ccccc4)c4ccccc4)cc3-c3ccc(-c4cnccn4)cc3)cc2)c2ccccc2)cc1. The third-order valence-corrected chi connectivity index (χ3v) is 11.7. The van der Waals surface area contributed by atoms with Gasteiger partial charge >= 0.3 is 0 Å². The molecule has 0 unspecified atom stereocenters. The largest absolute Gasteiger partial charge is 0.261 e. The van der Waals surface area contributed by atoms with Gasteiger partial charge in [0.25, 0.3) is 0 Å². The van der Waals surface area contributed by atoms with Gasteiger partial charge in [-0.05, 0) is 95.1 Å². The molecule has 64 heavy (non-hydrogen) atoms. The molecule has 302 valence electrons. The van der Waals surface area contributed by atoms with Crippen LogP contribution < -0.4 is 0 Å². The van der Waals surface area contributed by atoms with Crippen LogP contribution in [0.25, 0.3) is 55.8 Å². The predicted molar refractivity (Wildman–Crippen MR) is 267 cm³/mol. The van der Waals surface area contributed by atoms with Crippen molar-refractivity contribution in [1.82, 2.24) is 9.97 Å². The van der Waals surface area contributed by atoms with Gasteiger partial charge in [0, 0.05) is 18.0 Å². The van der Waals surface area contributed by atoms with Gasteiger partial charge in [0.15, 0.2) is 0 Å². The van der Waals surface area contributed by atoms with Crippen molar-refractivity contribution in [2.24, 2.45) is 0 Å². The average molecular weight is 817 g/mol. The minimum Gasteiger partial charge on any atom is -0.261 e. The van der Waals surface area contributed by atoms with E-state index in [1.54, 1.807) is 12.4 Å². The number of aromatic nitrogens is 2. The van der Waals surface area contributed by atoms with Crippen LogP contribution in [-0.2, 0) is 0 Å². The summed E-state index contributed by atoms with van der Waals surface area (Å²) in [4.78, 5) is 8.92. The Kier molecular flexibility index (Phi) is 11.6. The molecule has 2 nitrogen and oxygen atoms in total. The topological polar surface area (TPSA) is 25.8 Å². The summed E-state index contributed by atoms with van der Waals surface area (Å²) in [6, 6.07) is 89.4. The van der Waals surface area contributed by atoms with E-state index >= 15 is 0 Å². The first-order chi connectivity index (χ1) is 31.8. The highest BCUT2D eigenvalue weighted by molar-refractivity contribution is 6.06. The van der Waals surface area contributed by atoms with Gasteiger partial charge in [-0.25, -0.2) is 0 Å². The average Bonchev–Trinajstić information content (AvgIpc) is 3.39. The van der Waals surface area contributed by atoms with E-state index in [9.17, 15) is 0 Å². The van der Waals surface area contributed by atoms with E-state index in [0.717, 1.165) is 61.3 Å². The second-order valence-corrected chi connectivity index (χ2v) is 15.7. The highest BCUT2D eigenvalue weighted by Gasteiger charge is 2.20. The molecule has 0 spiro atoms. The van der Waals surface area contributed by atoms with Gasteiger partial charge in [0.2, 0.25) is 0 Å². The van der Waals surface area contributed by atoms with E-state index in [1.807, 2.05) is 6.20 Å². The molecule has 0 fully saturated rings. The molecule has 0 N–H and O–H groups in total. The standard InChI is InChI=1S/C62H44N2/c1-7-19-48(20-8-1)59(49-21-9-2-10-22-49)61(52-27-15-5-16-28-52)54-37-33-45(34-38-54)56-40-39-55(43-57(56)46-31-35-47(36-32-46)58-44-63-41-42-64-58)62(53-29-17-6-18-30-53)60(50-23-11-3-12-24-50)51-25-13-4-14-26-51/h1-44H. The molecule has 1 aromatic heterocycles. The Balaban J connectivity index is 1.18. The highest BCUT2D eigenvalue weighted by Crippen LogP contribution is 2.43. The maximum absolute atomic E-state index is 4.59. The summed E-state index contributed by atoms with van der Waals surface area (Å²) in [7, 11) is 0. The molecule has 0 aliphatic heterocycles. The van der Waals surface area contributed by atoms with Crippen LogP contribution in [0, 0.1) is 0 Å². The van der Waals surface area contributed by atoms with Crippen LogP contribution in [0.2, 0.25) is 0 Å².